The third kappa shape index (κ3) is 1.09. The van der Waals surface area contributed by atoms with Crippen LogP contribution >= 0.6 is 0 Å². The fraction of sp³-hybridized carbons (Fsp3) is 0.300. The molecule has 0 saturated heterocycles. The Morgan fingerprint density at radius 1 is 1.58 bits per heavy atom. The van der Waals surface area contributed by atoms with E-state index in [2.05, 4.69) is 29.0 Å². The quantitative estimate of drug-likeness (QED) is 0.576. The SMILES string of the molecule is C=C1NC(C)=NC2=C1CCC=C2. The fourth-order valence-corrected chi connectivity index (χ4v) is 1.56. The van der Waals surface area contributed by atoms with E-state index in [0.29, 0.717) is 0 Å². The molecule has 0 aromatic rings. The van der Waals surface area contributed by atoms with Gasteiger partial charge in [0.25, 0.3) is 0 Å². The Kier molecular flexibility index (Phi) is 1.61. The Hall–Kier alpha value is -1.31. The topological polar surface area (TPSA) is 24.4 Å². The zero-order valence-corrected chi connectivity index (χ0v) is 7.22. The van der Waals surface area contributed by atoms with Crippen molar-refractivity contribution in [1.29, 1.82) is 0 Å². The normalized spacial score (nSPS) is 21.8. The van der Waals surface area contributed by atoms with E-state index >= 15 is 0 Å². The molecule has 1 aliphatic carbocycles. The molecule has 1 aliphatic heterocycles. The highest BCUT2D eigenvalue weighted by Gasteiger charge is 2.15. The van der Waals surface area contributed by atoms with Gasteiger partial charge in [0.2, 0.25) is 0 Å². The van der Waals surface area contributed by atoms with Gasteiger partial charge in [-0.2, -0.15) is 0 Å². The summed E-state index contributed by atoms with van der Waals surface area (Å²) in [4.78, 5) is 4.39. The Balaban J connectivity index is 2.45. The highest BCUT2D eigenvalue weighted by molar-refractivity contribution is 5.85. The summed E-state index contributed by atoms with van der Waals surface area (Å²) in [5.74, 6) is 0.935. The van der Waals surface area contributed by atoms with E-state index in [9.17, 15) is 0 Å². The number of hydrogen-bond acceptors (Lipinski definition) is 2. The monoisotopic (exact) mass is 160 g/mol. The molecule has 0 saturated carbocycles. The predicted molar refractivity (Wildman–Crippen MR) is 50.8 cm³/mol. The van der Waals surface area contributed by atoms with E-state index in [0.717, 1.165) is 30.1 Å². The summed E-state index contributed by atoms with van der Waals surface area (Å²) in [6.07, 6.45) is 6.41. The molecule has 1 heterocycles. The number of allylic oxidation sites excluding steroid dienone is 3. The van der Waals surface area contributed by atoms with Gasteiger partial charge >= 0.3 is 0 Å². The Labute approximate surface area is 72.4 Å². The first-order valence-corrected chi connectivity index (χ1v) is 4.18. The van der Waals surface area contributed by atoms with Gasteiger partial charge in [0.05, 0.1) is 5.70 Å². The molecule has 0 radical (unpaired) electrons. The van der Waals surface area contributed by atoms with Crippen molar-refractivity contribution in [2.75, 3.05) is 0 Å². The van der Waals surface area contributed by atoms with Crippen molar-refractivity contribution in [3.63, 3.8) is 0 Å². The van der Waals surface area contributed by atoms with Crippen molar-refractivity contribution in [3.05, 3.63) is 35.7 Å². The average molecular weight is 160 g/mol. The lowest BCUT2D eigenvalue weighted by Gasteiger charge is -2.21. The van der Waals surface area contributed by atoms with Crippen LogP contribution in [0.2, 0.25) is 0 Å². The van der Waals surface area contributed by atoms with Crippen LogP contribution in [0.1, 0.15) is 19.8 Å². The molecule has 2 nitrogen and oxygen atoms in total. The molecule has 12 heavy (non-hydrogen) atoms. The van der Waals surface area contributed by atoms with Gasteiger partial charge < -0.3 is 5.32 Å². The first-order valence-electron chi connectivity index (χ1n) is 4.18. The van der Waals surface area contributed by atoms with E-state index in [1.807, 2.05) is 6.92 Å². The first kappa shape index (κ1) is 7.35. The van der Waals surface area contributed by atoms with Crippen LogP contribution in [0, 0.1) is 0 Å². The summed E-state index contributed by atoms with van der Waals surface area (Å²) in [6, 6.07) is 0. The van der Waals surface area contributed by atoms with Crippen molar-refractivity contribution in [2.24, 2.45) is 4.99 Å². The molecule has 2 aliphatic rings. The molecule has 1 N–H and O–H groups in total. The second-order valence-electron chi connectivity index (χ2n) is 3.11. The van der Waals surface area contributed by atoms with Gasteiger partial charge in [0, 0.05) is 11.3 Å². The maximum absolute atomic E-state index is 4.39. The molecule has 0 atom stereocenters. The third-order valence-electron chi connectivity index (χ3n) is 2.13. The zero-order valence-electron chi connectivity index (χ0n) is 7.22. The van der Waals surface area contributed by atoms with Gasteiger partial charge in [-0.15, -0.1) is 0 Å². The van der Waals surface area contributed by atoms with E-state index in [1.54, 1.807) is 0 Å². The summed E-state index contributed by atoms with van der Waals surface area (Å²) >= 11 is 0. The minimum Gasteiger partial charge on any atom is -0.344 e. The number of hydrogen-bond donors (Lipinski definition) is 1. The molecule has 0 aromatic heterocycles. The van der Waals surface area contributed by atoms with Crippen LogP contribution in [0.4, 0.5) is 0 Å². The van der Waals surface area contributed by atoms with Crippen molar-refractivity contribution >= 4 is 5.84 Å². The minimum atomic E-state index is 0.935. The maximum Gasteiger partial charge on any atom is 0.103 e. The molecule has 0 fully saturated rings. The van der Waals surface area contributed by atoms with Gasteiger partial charge in [-0.25, -0.2) is 4.99 Å². The molecule has 0 spiro atoms. The second-order valence-corrected chi connectivity index (χ2v) is 3.11. The maximum atomic E-state index is 4.39. The van der Waals surface area contributed by atoms with E-state index in [1.165, 1.54) is 5.57 Å². The number of nitrogens with one attached hydrogen (secondary N) is 1. The van der Waals surface area contributed by atoms with Crippen LogP contribution < -0.4 is 5.32 Å². The van der Waals surface area contributed by atoms with Gasteiger partial charge in [0.1, 0.15) is 5.84 Å². The van der Waals surface area contributed by atoms with E-state index < -0.39 is 0 Å². The lowest BCUT2D eigenvalue weighted by Crippen LogP contribution is -2.25. The molecule has 2 rings (SSSR count). The predicted octanol–water partition coefficient (Wildman–Crippen LogP) is 2.13. The summed E-state index contributed by atoms with van der Waals surface area (Å²) in [5.41, 5.74) is 3.37. The summed E-state index contributed by atoms with van der Waals surface area (Å²) < 4.78 is 0. The lowest BCUT2D eigenvalue weighted by atomic mass is 9.99. The number of rotatable bonds is 0. The summed E-state index contributed by atoms with van der Waals surface area (Å²) in [5, 5.41) is 3.14. The largest absolute Gasteiger partial charge is 0.344 e. The second kappa shape index (κ2) is 2.63. The van der Waals surface area contributed by atoms with Crippen molar-refractivity contribution in [3.8, 4) is 0 Å². The molecule has 62 valence electrons. The number of aliphatic imine (C=N–C) groups is 1. The first-order chi connectivity index (χ1) is 5.77. The number of amidine groups is 1. The fourth-order valence-electron chi connectivity index (χ4n) is 1.56. The van der Waals surface area contributed by atoms with Crippen molar-refractivity contribution in [2.45, 2.75) is 19.8 Å². The molecule has 0 unspecified atom stereocenters. The number of nitrogens with zero attached hydrogens (tertiary/aromatic N) is 1. The Morgan fingerprint density at radius 3 is 3.25 bits per heavy atom. The Morgan fingerprint density at radius 2 is 2.42 bits per heavy atom. The molecule has 0 amide bonds. The van der Waals surface area contributed by atoms with Crippen molar-refractivity contribution < 1.29 is 0 Å². The van der Waals surface area contributed by atoms with Crippen LogP contribution in [0.15, 0.2) is 40.7 Å². The van der Waals surface area contributed by atoms with Gasteiger partial charge in [-0.05, 0) is 25.8 Å². The molecule has 2 heteroatoms. The van der Waals surface area contributed by atoms with Gasteiger partial charge in [-0.3, -0.25) is 0 Å². The molecular formula is C10H12N2. The molecular weight excluding hydrogens is 148 g/mol. The minimum absolute atomic E-state index is 0.935. The molecule has 0 bridgehead atoms. The van der Waals surface area contributed by atoms with E-state index in [4.69, 9.17) is 0 Å². The Bertz CT molecular complexity index is 319. The van der Waals surface area contributed by atoms with Crippen LogP contribution in [-0.4, -0.2) is 5.84 Å². The highest BCUT2D eigenvalue weighted by Crippen LogP contribution is 2.26. The molecule has 0 aromatic carbocycles. The zero-order chi connectivity index (χ0) is 8.55. The van der Waals surface area contributed by atoms with E-state index in [-0.39, 0.29) is 0 Å². The summed E-state index contributed by atoms with van der Waals surface area (Å²) in [7, 11) is 0. The third-order valence-corrected chi connectivity index (χ3v) is 2.13. The lowest BCUT2D eigenvalue weighted by molar-refractivity contribution is 0.894. The van der Waals surface area contributed by atoms with Crippen LogP contribution in [0.5, 0.6) is 0 Å². The van der Waals surface area contributed by atoms with Crippen LogP contribution in [0.25, 0.3) is 0 Å². The van der Waals surface area contributed by atoms with Crippen LogP contribution in [0.3, 0.4) is 0 Å². The van der Waals surface area contributed by atoms with Crippen LogP contribution in [-0.2, 0) is 0 Å². The summed E-state index contributed by atoms with van der Waals surface area (Å²) in [6.45, 7) is 5.92. The van der Waals surface area contributed by atoms with Gasteiger partial charge in [-0.1, -0.05) is 12.7 Å². The average Bonchev–Trinajstić information content (AvgIpc) is 2.04. The van der Waals surface area contributed by atoms with Crippen molar-refractivity contribution in [1.82, 2.24) is 5.32 Å². The highest BCUT2D eigenvalue weighted by atomic mass is 15.0. The standard InChI is InChI=1S/C10H12N2/c1-7-9-5-3-4-6-10(9)12-8(2)11-7/h4,6H,1,3,5H2,2H3,(H,11,12). The smallest absolute Gasteiger partial charge is 0.103 e. The van der Waals surface area contributed by atoms with Gasteiger partial charge in [0.15, 0.2) is 0 Å².